The Hall–Kier alpha value is 1.81. The summed E-state index contributed by atoms with van der Waals surface area (Å²) in [6.45, 7) is 0. The molecule has 0 fully saturated rings. The van der Waals surface area contributed by atoms with Gasteiger partial charge < -0.3 is 0 Å². The molecular formula is H3AlBNiTi. The molecule has 0 N–H and O–H groups in total. The SMILES string of the molecule is [AlH3].[B].[Ni].[Ti]. The van der Waals surface area contributed by atoms with Crippen molar-refractivity contribution in [1.82, 2.24) is 0 Å². The van der Waals surface area contributed by atoms with Gasteiger partial charge in [0.1, 0.15) is 0 Å². The monoisotopic (exact) mass is 147 g/mol. The summed E-state index contributed by atoms with van der Waals surface area (Å²) in [4.78, 5) is 0. The Balaban J connectivity index is 0. The molecule has 0 aliphatic carbocycles. The fourth-order valence-corrected chi connectivity index (χ4v) is 0. The van der Waals surface area contributed by atoms with Crippen molar-refractivity contribution in [1.29, 1.82) is 0 Å². The summed E-state index contributed by atoms with van der Waals surface area (Å²) >= 11 is 0. The molecule has 0 aliphatic heterocycles. The van der Waals surface area contributed by atoms with Crippen molar-refractivity contribution in [2.75, 3.05) is 0 Å². The minimum absolute atomic E-state index is 0. The van der Waals surface area contributed by atoms with Gasteiger partial charge in [-0.1, -0.05) is 0 Å². The van der Waals surface area contributed by atoms with Crippen LogP contribution in [-0.2, 0) is 38.2 Å². The summed E-state index contributed by atoms with van der Waals surface area (Å²) in [6.07, 6.45) is 0. The largest absolute Gasteiger partial charge is 0.187 e. The topological polar surface area (TPSA) is 0 Å². The van der Waals surface area contributed by atoms with E-state index < -0.39 is 0 Å². The Morgan fingerprint density at radius 2 is 1.00 bits per heavy atom. The molecule has 0 saturated carbocycles. The van der Waals surface area contributed by atoms with Crippen molar-refractivity contribution in [3.05, 3.63) is 0 Å². The van der Waals surface area contributed by atoms with Gasteiger partial charge in [0.25, 0.3) is 0 Å². The van der Waals surface area contributed by atoms with E-state index in [2.05, 4.69) is 0 Å². The average Bonchev–Trinajstić information content (AvgIpc) is 0. The zero-order chi connectivity index (χ0) is 0. The van der Waals surface area contributed by atoms with Crippen LogP contribution in [0.25, 0.3) is 0 Å². The molecule has 0 aliphatic rings. The normalized spacial score (nSPS) is 0. The third-order valence-electron chi connectivity index (χ3n) is 0. The molecule has 0 aromatic heterocycles. The summed E-state index contributed by atoms with van der Waals surface area (Å²) in [5.74, 6) is 0. The van der Waals surface area contributed by atoms with Crippen molar-refractivity contribution in [2.24, 2.45) is 0 Å². The third-order valence-corrected chi connectivity index (χ3v) is 0. The molecular weight excluding hydrogens is 144 g/mol. The standard InChI is InChI=1S/Al.B.Ni.Ti.3H. The van der Waals surface area contributed by atoms with Crippen LogP contribution in [0.1, 0.15) is 0 Å². The first-order valence-corrected chi connectivity index (χ1v) is 0. The molecule has 0 amide bonds. The van der Waals surface area contributed by atoms with Gasteiger partial charge in [-0.2, -0.15) is 0 Å². The van der Waals surface area contributed by atoms with Crippen LogP contribution in [0.5, 0.6) is 0 Å². The second kappa shape index (κ2) is 21.4. The molecule has 0 saturated heterocycles. The summed E-state index contributed by atoms with van der Waals surface area (Å²) < 4.78 is 0. The van der Waals surface area contributed by atoms with E-state index in [-0.39, 0.29) is 64.0 Å². The molecule has 4 heavy (non-hydrogen) atoms. The quantitative estimate of drug-likeness (QED) is 0.363. The summed E-state index contributed by atoms with van der Waals surface area (Å²) in [7, 11) is 0. The summed E-state index contributed by atoms with van der Waals surface area (Å²) in [6, 6.07) is 0. The van der Waals surface area contributed by atoms with Gasteiger partial charge in [-0.3, -0.25) is 0 Å². The molecule has 0 atom stereocenters. The second-order valence-electron chi connectivity index (χ2n) is 0. The van der Waals surface area contributed by atoms with Crippen molar-refractivity contribution < 1.29 is 38.2 Å². The Morgan fingerprint density at radius 3 is 1.00 bits per heavy atom. The molecule has 0 aromatic rings. The van der Waals surface area contributed by atoms with Crippen molar-refractivity contribution in [2.45, 2.75) is 0 Å². The van der Waals surface area contributed by atoms with Crippen LogP contribution in [-0.4, -0.2) is 25.8 Å². The van der Waals surface area contributed by atoms with Gasteiger partial charge in [0.15, 0.2) is 17.4 Å². The van der Waals surface area contributed by atoms with Crippen molar-refractivity contribution in [3.63, 3.8) is 0 Å². The average molecular weight is 147 g/mol. The van der Waals surface area contributed by atoms with Gasteiger partial charge in [0, 0.05) is 46.6 Å². The van der Waals surface area contributed by atoms with Gasteiger partial charge in [0.05, 0.1) is 0 Å². The molecule has 4 heteroatoms. The predicted octanol–water partition coefficient (Wildman–Crippen LogP) is -1.57. The minimum atomic E-state index is 0. The van der Waals surface area contributed by atoms with Crippen LogP contribution < -0.4 is 0 Å². The van der Waals surface area contributed by atoms with Crippen molar-refractivity contribution >= 4 is 25.8 Å². The fourth-order valence-electron chi connectivity index (χ4n) is 0. The summed E-state index contributed by atoms with van der Waals surface area (Å²) in [5.41, 5.74) is 0. The van der Waals surface area contributed by atoms with E-state index in [9.17, 15) is 0 Å². The molecule has 23 valence electrons. The zero-order valence-corrected chi connectivity index (χ0v) is 3.94. The molecule has 0 heterocycles. The van der Waals surface area contributed by atoms with E-state index in [1.807, 2.05) is 0 Å². The molecule has 0 bridgehead atoms. The number of rotatable bonds is 0. The molecule has 0 unspecified atom stereocenters. The van der Waals surface area contributed by atoms with E-state index in [1.165, 1.54) is 0 Å². The smallest absolute Gasteiger partial charge is 0 e. The molecule has 0 nitrogen and oxygen atoms in total. The summed E-state index contributed by atoms with van der Waals surface area (Å²) in [5, 5.41) is 0. The van der Waals surface area contributed by atoms with Crippen LogP contribution in [0.3, 0.4) is 0 Å². The third kappa shape index (κ3) is 9.19. The van der Waals surface area contributed by atoms with Crippen LogP contribution in [0.2, 0.25) is 0 Å². The van der Waals surface area contributed by atoms with Gasteiger partial charge in [-0.25, -0.2) is 0 Å². The Kier molecular flexibility index (Phi) is 220. The zero-order valence-electron chi connectivity index (χ0n) is 1.39. The molecule has 0 spiro atoms. The molecule has 3 radical (unpaired) electrons. The maximum Gasteiger partial charge on any atom is 0.187 e. The van der Waals surface area contributed by atoms with Gasteiger partial charge >= 0.3 is 0 Å². The number of hydrogen-bond acceptors (Lipinski definition) is 0. The van der Waals surface area contributed by atoms with Crippen LogP contribution in [0.4, 0.5) is 0 Å². The molecule has 0 rings (SSSR count). The van der Waals surface area contributed by atoms with Gasteiger partial charge in [-0.05, 0) is 0 Å². The first kappa shape index (κ1) is 41.1. The second-order valence-corrected chi connectivity index (χ2v) is 0. The van der Waals surface area contributed by atoms with E-state index >= 15 is 0 Å². The van der Waals surface area contributed by atoms with Gasteiger partial charge in [-0.15, -0.1) is 0 Å². The van der Waals surface area contributed by atoms with E-state index in [0.717, 1.165) is 0 Å². The minimum Gasteiger partial charge on any atom is 0 e. The fraction of sp³-hybridized carbons (Fsp3) is 0. The van der Waals surface area contributed by atoms with Crippen LogP contribution >= 0.6 is 0 Å². The Morgan fingerprint density at radius 1 is 1.00 bits per heavy atom. The van der Waals surface area contributed by atoms with Crippen LogP contribution in [0.15, 0.2) is 0 Å². The van der Waals surface area contributed by atoms with Crippen molar-refractivity contribution in [3.8, 4) is 0 Å². The Labute approximate surface area is 63.6 Å². The van der Waals surface area contributed by atoms with Gasteiger partial charge in [0.2, 0.25) is 0 Å². The maximum atomic E-state index is 0. The Bertz CT molecular complexity index is 8.00. The maximum absolute atomic E-state index is 0. The van der Waals surface area contributed by atoms with E-state index in [0.29, 0.717) is 0 Å². The van der Waals surface area contributed by atoms with E-state index in [4.69, 9.17) is 0 Å². The predicted molar refractivity (Wildman–Crippen MR) is 15.7 cm³/mol. The number of hydrogen-bond donors (Lipinski definition) is 0. The first-order valence-electron chi connectivity index (χ1n) is 0. The first-order chi connectivity index (χ1) is 0. The molecule has 0 aromatic carbocycles. The van der Waals surface area contributed by atoms with E-state index in [1.54, 1.807) is 0 Å². The van der Waals surface area contributed by atoms with Crippen LogP contribution in [0, 0.1) is 0 Å².